The fourth-order valence-electron chi connectivity index (χ4n) is 1.42. The Morgan fingerprint density at radius 2 is 2.00 bits per heavy atom. The second-order valence-corrected chi connectivity index (χ2v) is 3.71. The monoisotopic (exact) mass is 245 g/mol. The zero-order valence-corrected chi connectivity index (χ0v) is 10.3. The molecule has 0 aliphatic carbocycles. The molecule has 1 rings (SSSR count). The van der Waals surface area contributed by atoms with Crippen molar-refractivity contribution in [1.82, 2.24) is 0 Å². The van der Waals surface area contributed by atoms with Gasteiger partial charge in [0.25, 0.3) is 0 Å². The molecule has 0 fully saturated rings. The van der Waals surface area contributed by atoms with E-state index < -0.39 is 5.97 Å². The number of carboxylic acids is 1. The Labute approximate surface area is 106 Å². The van der Waals surface area contributed by atoms with E-state index in [0.717, 1.165) is 0 Å². The number of nitrogens with one attached hydrogen (secondary N) is 1. The molecule has 4 heteroatoms. The summed E-state index contributed by atoms with van der Waals surface area (Å²) < 4.78 is 0. The highest BCUT2D eigenvalue weighted by atomic mass is 16.4. The molecular weight excluding hydrogens is 230 g/mol. The molecule has 2 N–H and O–H groups in total. The molecular formula is C14H15NO3. The highest BCUT2D eigenvalue weighted by Gasteiger charge is 2.07. The molecule has 0 bridgehead atoms. The van der Waals surface area contributed by atoms with Crippen LogP contribution in [0.3, 0.4) is 0 Å². The summed E-state index contributed by atoms with van der Waals surface area (Å²) in [5.74, 6) is -1.23. The van der Waals surface area contributed by atoms with Crippen LogP contribution < -0.4 is 5.32 Å². The quantitative estimate of drug-likeness (QED) is 0.633. The molecule has 0 saturated carbocycles. The van der Waals surface area contributed by atoms with Crippen LogP contribution in [-0.2, 0) is 4.79 Å². The number of hydrogen-bond donors (Lipinski definition) is 2. The highest BCUT2D eigenvalue weighted by Crippen LogP contribution is 2.15. The zero-order chi connectivity index (χ0) is 13.5. The van der Waals surface area contributed by atoms with Crippen molar-refractivity contribution in [2.75, 3.05) is 5.32 Å². The van der Waals surface area contributed by atoms with E-state index in [1.54, 1.807) is 31.2 Å². The average molecular weight is 245 g/mol. The molecule has 4 nitrogen and oxygen atoms in total. The largest absolute Gasteiger partial charge is 0.478 e. The molecule has 0 aliphatic heterocycles. The summed E-state index contributed by atoms with van der Waals surface area (Å²) in [7, 11) is 0. The molecule has 1 amide bonds. The van der Waals surface area contributed by atoms with E-state index in [-0.39, 0.29) is 11.5 Å². The van der Waals surface area contributed by atoms with Crippen molar-refractivity contribution in [3.05, 3.63) is 53.6 Å². The van der Waals surface area contributed by atoms with E-state index in [0.29, 0.717) is 11.3 Å². The van der Waals surface area contributed by atoms with Crippen molar-refractivity contribution in [2.45, 2.75) is 13.8 Å². The van der Waals surface area contributed by atoms with E-state index in [9.17, 15) is 9.59 Å². The Hall–Kier alpha value is -2.36. The number of carbonyl (C=O) groups is 2. The van der Waals surface area contributed by atoms with Crippen LogP contribution in [0.2, 0.25) is 0 Å². The summed E-state index contributed by atoms with van der Waals surface area (Å²) in [4.78, 5) is 22.3. The number of allylic oxidation sites excluding steroid dienone is 3. The Kier molecular flexibility index (Phi) is 4.87. The van der Waals surface area contributed by atoms with Crippen LogP contribution in [0.1, 0.15) is 22.8 Å². The first-order chi connectivity index (χ1) is 8.54. The lowest BCUT2D eigenvalue weighted by molar-refractivity contribution is -0.111. The number of hydrogen-bond acceptors (Lipinski definition) is 2. The van der Waals surface area contributed by atoms with Crippen LogP contribution in [0.4, 0.5) is 5.69 Å². The summed E-state index contributed by atoms with van der Waals surface area (Å²) in [5, 5.41) is 11.5. The number of aryl methyl sites for hydroxylation is 1. The zero-order valence-electron chi connectivity index (χ0n) is 10.3. The normalized spacial score (nSPS) is 11.0. The number of anilines is 1. The van der Waals surface area contributed by atoms with Crippen molar-refractivity contribution >= 4 is 17.6 Å². The van der Waals surface area contributed by atoms with Crippen molar-refractivity contribution in [3.8, 4) is 0 Å². The van der Waals surface area contributed by atoms with Crippen molar-refractivity contribution < 1.29 is 14.7 Å². The number of rotatable bonds is 4. The third-order valence-corrected chi connectivity index (χ3v) is 2.28. The van der Waals surface area contributed by atoms with Gasteiger partial charge in [0.15, 0.2) is 0 Å². The van der Waals surface area contributed by atoms with Crippen LogP contribution in [0.5, 0.6) is 0 Å². The maximum Gasteiger partial charge on any atom is 0.335 e. The van der Waals surface area contributed by atoms with Crippen LogP contribution in [0.15, 0.2) is 42.5 Å². The van der Waals surface area contributed by atoms with Gasteiger partial charge in [-0.05, 0) is 37.6 Å². The van der Waals surface area contributed by atoms with Crippen molar-refractivity contribution in [3.63, 3.8) is 0 Å². The molecule has 18 heavy (non-hydrogen) atoms. The molecule has 1 aromatic carbocycles. The van der Waals surface area contributed by atoms with Crippen LogP contribution in [0.25, 0.3) is 0 Å². The lowest BCUT2D eigenvalue weighted by atomic mass is 10.1. The number of carboxylic acid groups (broad SMARTS) is 1. The van der Waals surface area contributed by atoms with Crippen molar-refractivity contribution in [1.29, 1.82) is 0 Å². The summed E-state index contributed by atoms with van der Waals surface area (Å²) in [6.07, 6.45) is 6.60. The van der Waals surface area contributed by atoms with Gasteiger partial charge in [0.05, 0.1) is 5.56 Å². The molecule has 1 aromatic rings. The second-order valence-electron chi connectivity index (χ2n) is 3.71. The Morgan fingerprint density at radius 3 is 2.56 bits per heavy atom. The second kappa shape index (κ2) is 6.39. The molecule has 0 aromatic heterocycles. The Morgan fingerprint density at radius 1 is 1.28 bits per heavy atom. The third kappa shape index (κ3) is 3.90. The predicted molar refractivity (Wildman–Crippen MR) is 70.7 cm³/mol. The van der Waals surface area contributed by atoms with Gasteiger partial charge < -0.3 is 10.4 Å². The third-order valence-electron chi connectivity index (χ3n) is 2.28. The lowest BCUT2D eigenvalue weighted by Crippen LogP contribution is -2.08. The van der Waals surface area contributed by atoms with Gasteiger partial charge in [-0.1, -0.05) is 18.2 Å². The van der Waals surface area contributed by atoms with Gasteiger partial charge in [0.2, 0.25) is 5.91 Å². The SMILES string of the molecule is C/C=C/C=CC(=O)Nc1ccc(C(=O)O)c(C)c1. The molecule has 0 atom stereocenters. The van der Waals surface area contributed by atoms with E-state index >= 15 is 0 Å². The average Bonchev–Trinajstić information content (AvgIpc) is 2.28. The number of aromatic carboxylic acids is 1. The molecule has 0 unspecified atom stereocenters. The minimum atomic E-state index is -0.974. The van der Waals surface area contributed by atoms with Crippen LogP contribution in [0, 0.1) is 6.92 Å². The van der Waals surface area contributed by atoms with Crippen LogP contribution in [-0.4, -0.2) is 17.0 Å². The molecule has 0 saturated heterocycles. The summed E-state index contributed by atoms with van der Waals surface area (Å²) >= 11 is 0. The summed E-state index contributed by atoms with van der Waals surface area (Å²) in [5.41, 5.74) is 1.42. The number of carbonyl (C=O) groups excluding carboxylic acids is 1. The minimum absolute atomic E-state index is 0.234. The molecule has 0 radical (unpaired) electrons. The Balaban J connectivity index is 2.77. The van der Waals surface area contributed by atoms with Crippen LogP contribution >= 0.6 is 0 Å². The molecule has 94 valence electrons. The smallest absolute Gasteiger partial charge is 0.335 e. The summed E-state index contributed by atoms with van der Waals surface area (Å²) in [6.45, 7) is 3.55. The lowest BCUT2D eigenvalue weighted by Gasteiger charge is -2.05. The highest BCUT2D eigenvalue weighted by molar-refractivity contribution is 6.00. The van der Waals surface area contributed by atoms with Gasteiger partial charge in [-0.3, -0.25) is 4.79 Å². The van der Waals surface area contributed by atoms with Gasteiger partial charge in [-0.2, -0.15) is 0 Å². The Bertz CT molecular complexity index is 516. The van der Waals surface area contributed by atoms with Gasteiger partial charge in [-0.15, -0.1) is 0 Å². The van der Waals surface area contributed by atoms with E-state index in [2.05, 4.69) is 5.32 Å². The van der Waals surface area contributed by atoms with Gasteiger partial charge in [0, 0.05) is 11.8 Å². The maximum atomic E-state index is 11.5. The van der Waals surface area contributed by atoms with E-state index in [4.69, 9.17) is 5.11 Å². The fourth-order valence-corrected chi connectivity index (χ4v) is 1.42. The molecule has 0 aliphatic rings. The van der Waals surface area contributed by atoms with Gasteiger partial charge >= 0.3 is 5.97 Å². The number of amides is 1. The van der Waals surface area contributed by atoms with Gasteiger partial charge in [0.1, 0.15) is 0 Å². The first-order valence-corrected chi connectivity index (χ1v) is 5.49. The van der Waals surface area contributed by atoms with Gasteiger partial charge in [-0.25, -0.2) is 4.79 Å². The predicted octanol–water partition coefficient (Wildman–Crippen LogP) is 2.76. The maximum absolute atomic E-state index is 11.5. The summed E-state index contributed by atoms with van der Waals surface area (Å²) in [6, 6.07) is 4.67. The number of benzene rings is 1. The topological polar surface area (TPSA) is 66.4 Å². The standard InChI is InChI=1S/C14H15NO3/c1-3-4-5-6-13(16)15-11-7-8-12(14(17)18)10(2)9-11/h3-9H,1-2H3,(H,15,16)(H,17,18)/b4-3+,6-5?. The first kappa shape index (κ1) is 13.7. The minimum Gasteiger partial charge on any atom is -0.478 e. The van der Waals surface area contributed by atoms with Crippen molar-refractivity contribution in [2.24, 2.45) is 0 Å². The van der Waals surface area contributed by atoms with E-state index in [1.807, 2.05) is 13.0 Å². The molecule has 0 heterocycles. The first-order valence-electron chi connectivity index (χ1n) is 5.49. The van der Waals surface area contributed by atoms with E-state index in [1.165, 1.54) is 12.1 Å². The fraction of sp³-hybridized carbons (Fsp3) is 0.143. The molecule has 0 spiro atoms.